The molecule has 1 rings (SSSR count). The first kappa shape index (κ1) is 19.5. The quantitative estimate of drug-likeness (QED) is 0.351. The molecule has 0 aromatic carbocycles. The Balaban J connectivity index is 2.82. The zero-order valence-corrected chi connectivity index (χ0v) is 13.8. The van der Waals surface area contributed by atoms with Gasteiger partial charge in [0.1, 0.15) is 6.61 Å². The molecule has 2 unspecified atom stereocenters. The van der Waals surface area contributed by atoms with Crippen molar-refractivity contribution >= 4 is 28.2 Å². The monoisotopic (exact) mass is 354 g/mol. The van der Waals surface area contributed by atoms with Gasteiger partial charge in [-0.25, -0.2) is 13.1 Å². The standard InChI is InChI=1S/C15H18N2O6S/c1-11(7-8-12(16-2)9-23-10-18)24(21,22)17-14-6-4-3-5-13(14)15(19)20/h3-8,10,13-14,17H,1,9H2,2H3,(H,19,20)/b8-7-,16-12?. The van der Waals surface area contributed by atoms with E-state index in [2.05, 4.69) is 21.0 Å². The highest BCUT2D eigenvalue weighted by Gasteiger charge is 2.29. The number of nitrogens with one attached hydrogen (secondary N) is 1. The molecule has 0 saturated carbocycles. The number of aliphatic carboxylic acids is 1. The minimum Gasteiger partial charge on any atom is -0.481 e. The molecule has 0 spiro atoms. The first-order valence-electron chi connectivity index (χ1n) is 6.80. The zero-order valence-electron chi connectivity index (χ0n) is 13.0. The number of hydrogen-bond acceptors (Lipinski definition) is 6. The first-order valence-corrected chi connectivity index (χ1v) is 8.28. The third-order valence-corrected chi connectivity index (χ3v) is 4.51. The van der Waals surface area contributed by atoms with E-state index >= 15 is 0 Å². The van der Waals surface area contributed by atoms with Crippen LogP contribution >= 0.6 is 0 Å². The van der Waals surface area contributed by atoms with Crippen LogP contribution in [0.1, 0.15) is 0 Å². The van der Waals surface area contributed by atoms with Crippen LogP contribution in [0.15, 0.2) is 52.9 Å². The van der Waals surface area contributed by atoms with Gasteiger partial charge in [-0.2, -0.15) is 0 Å². The van der Waals surface area contributed by atoms with E-state index < -0.39 is 28.0 Å². The summed E-state index contributed by atoms with van der Waals surface area (Å²) in [6.45, 7) is 3.60. The van der Waals surface area contributed by atoms with Crippen molar-refractivity contribution in [3.8, 4) is 0 Å². The lowest BCUT2D eigenvalue weighted by atomic mass is 9.96. The van der Waals surface area contributed by atoms with Crippen LogP contribution in [0, 0.1) is 5.92 Å². The molecule has 0 radical (unpaired) electrons. The molecule has 0 saturated heterocycles. The second kappa shape index (κ2) is 8.94. The summed E-state index contributed by atoms with van der Waals surface area (Å²) in [5.41, 5.74) is 0.336. The summed E-state index contributed by atoms with van der Waals surface area (Å²) in [4.78, 5) is 24.9. The fourth-order valence-electron chi connectivity index (χ4n) is 1.80. The predicted octanol–water partition coefficient (Wildman–Crippen LogP) is 0.415. The van der Waals surface area contributed by atoms with Gasteiger partial charge in [0.25, 0.3) is 6.47 Å². The summed E-state index contributed by atoms with van der Waals surface area (Å²) >= 11 is 0. The largest absolute Gasteiger partial charge is 0.481 e. The van der Waals surface area contributed by atoms with Crippen LogP contribution in [0.25, 0.3) is 0 Å². The van der Waals surface area contributed by atoms with Crippen molar-refractivity contribution in [2.45, 2.75) is 6.04 Å². The second-order valence-electron chi connectivity index (χ2n) is 4.70. The minimum atomic E-state index is -4.00. The van der Waals surface area contributed by atoms with Gasteiger partial charge in [-0.15, -0.1) is 0 Å². The number of carboxylic acid groups (broad SMARTS) is 1. The highest BCUT2D eigenvalue weighted by Crippen LogP contribution is 2.16. The third-order valence-electron chi connectivity index (χ3n) is 3.10. The molecule has 1 aliphatic carbocycles. The summed E-state index contributed by atoms with van der Waals surface area (Å²) in [6.07, 6.45) is 8.48. The van der Waals surface area contributed by atoms with Crippen LogP contribution in [0.2, 0.25) is 0 Å². The Morgan fingerprint density at radius 1 is 1.38 bits per heavy atom. The van der Waals surface area contributed by atoms with Crippen LogP contribution in [0.5, 0.6) is 0 Å². The first-order chi connectivity index (χ1) is 11.3. The highest BCUT2D eigenvalue weighted by molar-refractivity contribution is 7.93. The molecule has 24 heavy (non-hydrogen) atoms. The summed E-state index contributed by atoms with van der Waals surface area (Å²) in [7, 11) is -2.54. The van der Waals surface area contributed by atoms with Gasteiger partial charge in [-0.3, -0.25) is 14.6 Å². The molecule has 1 aliphatic rings. The molecular weight excluding hydrogens is 336 g/mol. The number of carbonyl (C=O) groups is 2. The van der Waals surface area contributed by atoms with Gasteiger partial charge in [0.15, 0.2) is 0 Å². The number of hydrogen-bond donors (Lipinski definition) is 2. The Morgan fingerprint density at radius 2 is 2.04 bits per heavy atom. The Bertz CT molecular complexity index is 718. The lowest BCUT2D eigenvalue weighted by Gasteiger charge is -2.21. The van der Waals surface area contributed by atoms with Gasteiger partial charge in [0.2, 0.25) is 10.0 Å². The van der Waals surface area contributed by atoms with Crippen LogP contribution in [-0.4, -0.2) is 51.4 Å². The van der Waals surface area contributed by atoms with E-state index in [4.69, 9.17) is 5.11 Å². The Morgan fingerprint density at radius 3 is 2.62 bits per heavy atom. The fraction of sp³-hybridized carbons (Fsp3) is 0.267. The molecule has 8 nitrogen and oxygen atoms in total. The van der Waals surface area contributed by atoms with E-state index in [1.165, 1.54) is 37.4 Å². The summed E-state index contributed by atoms with van der Waals surface area (Å²) in [5, 5.41) is 9.12. The molecule has 2 N–H and O–H groups in total. The Labute approximate surface area is 140 Å². The number of allylic oxidation sites excluding steroid dienone is 3. The number of aliphatic imine (C=N–C) groups is 1. The summed E-state index contributed by atoms with van der Waals surface area (Å²) in [6, 6.07) is -0.916. The average Bonchev–Trinajstić information content (AvgIpc) is 2.54. The molecule has 9 heteroatoms. The predicted molar refractivity (Wildman–Crippen MR) is 88.9 cm³/mol. The maximum Gasteiger partial charge on any atom is 0.312 e. The average molecular weight is 354 g/mol. The maximum atomic E-state index is 12.2. The molecule has 0 amide bonds. The van der Waals surface area contributed by atoms with Crippen LogP contribution in [0.3, 0.4) is 0 Å². The van der Waals surface area contributed by atoms with Crippen molar-refractivity contribution in [1.82, 2.24) is 4.72 Å². The van der Waals surface area contributed by atoms with Crippen molar-refractivity contribution < 1.29 is 27.9 Å². The zero-order chi connectivity index (χ0) is 18.2. The van der Waals surface area contributed by atoms with E-state index in [9.17, 15) is 18.0 Å². The van der Waals surface area contributed by atoms with E-state index in [1.807, 2.05) is 0 Å². The summed E-state index contributed by atoms with van der Waals surface area (Å²) in [5.74, 6) is -2.15. The Kier molecular flexibility index (Phi) is 7.28. The molecule has 2 atom stereocenters. The summed E-state index contributed by atoms with van der Waals surface area (Å²) < 4.78 is 31.3. The fourth-order valence-corrected chi connectivity index (χ4v) is 2.78. The van der Waals surface area contributed by atoms with Crippen molar-refractivity contribution in [1.29, 1.82) is 0 Å². The second-order valence-corrected chi connectivity index (χ2v) is 6.47. The van der Waals surface area contributed by atoms with E-state index in [-0.39, 0.29) is 18.0 Å². The molecule has 0 aromatic heterocycles. The number of rotatable bonds is 9. The van der Waals surface area contributed by atoms with Gasteiger partial charge in [-0.1, -0.05) is 30.9 Å². The van der Waals surface area contributed by atoms with Gasteiger partial charge in [-0.05, 0) is 12.2 Å². The normalized spacial score (nSPS) is 21.0. The number of carboxylic acids is 1. The van der Waals surface area contributed by atoms with Crippen molar-refractivity contribution in [3.63, 3.8) is 0 Å². The van der Waals surface area contributed by atoms with E-state index in [0.29, 0.717) is 5.71 Å². The smallest absolute Gasteiger partial charge is 0.312 e. The van der Waals surface area contributed by atoms with Crippen LogP contribution < -0.4 is 4.72 Å². The van der Waals surface area contributed by atoms with Crippen molar-refractivity contribution in [3.05, 3.63) is 47.9 Å². The number of carbonyl (C=O) groups excluding carboxylic acids is 1. The number of nitrogens with zero attached hydrogens (tertiary/aromatic N) is 1. The molecule has 0 aromatic rings. The topological polar surface area (TPSA) is 122 Å². The van der Waals surface area contributed by atoms with Gasteiger partial charge in [0, 0.05) is 7.05 Å². The van der Waals surface area contributed by atoms with E-state index in [0.717, 1.165) is 0 Å². The van der Waals surface area contributed by atoms with Crippen LogP contribution in [-0.2, 0) is 24.3 Å². The minimum absolute atomic E-state index is 0.103. The molecule has 0 fully saturated rings. The highest BCUT2D eigenvalue weighted by atomic mass is 32.2. The van der Waals surface area contributed by atoms with Crippen LogP contribution in [0.4, 0.5) is 0 Å². The van der Waals surface area contributed by atoms with Gasteiger partial charge >= 0.3 is 5.97 Å². The number of sulfonamides is 1. The SMILES string of the molecule is C=C(/C=C\C(COC=O)=NC)S(=O)(=O)NC1C=CC=CC1C(=O)O. The maximum absolute atomic E-state index is 12.2. The number of ether oxygens (including phenoxy) is 1. The molecule has 0 bridgehead atoms. The lowest BCUT2D eigenvalue weighted by molar-refractivity contribution is -0.140. The molecule has 130 valence electrons. The van der Waals surface area contributed by atoms with E-state index in [1.54, 1.807) is 6.08 Å². The molecular formula is C15H18N2O6S. The molecule has 0 heterocycles. The third kappa shape index (κ3) is 5.60. The van der Waals surface area contributed by atoms with Gasteiger partial charge in [0.05, 0.1) is 22.6 Å². The van der Waals surface area contributed by atoms with Gasteiger partial charge < -0.3 is 9.84 Å². The van der Waals surface area contributed by atoms with Crippen molar-refractivity contribution in [2.75, 3.05) is 13.7 Å². The Hall–Kier alpha value is -2.52. The van der Waals surface area contributed by atoms with Crippen molar-refractivity contribution in [2.24, 2.45) is 10.9 Å². The molecule has 0 aliphatic heterocycles. The lowest BCUT2D eigenvalue weighted by Crippen LogP contribution is -2.42.